The number of cyclic esters (lactones) is 1. The minimum atomic E-state index is -0.304. The topological polar surface area (TPSA) is 61.9 Å². The molecule has 1 N–H and O–H groups in total. The summed E-state index contributed by atoms with van der Waals surface area (Å²) in [5, 5.41) is 2.89. The molecule has 3 amide bonds. The third-order valence-electron chi connectivity index (χ3n) is 4.24. The molecule has 0 radical (unpaired) electrons. The first kappa shape index (κ1) is 13.7. The number of nitrogens with one attached hydrogen (secondary N) is 1. The maximum absolute atomic E-state index is 12.3. The number of urea groups is 1. The first-order chi connectivity index (χ1) is 10.1. The maximum atomic E-state index is 12.3. The van der Waals surface area contributed by atoms with Crippen molar-refractivity contribution in [2.75, 3.05) is 32.1 Å². The lowest BCUT2D eigenvalue weighted by Crippen LogP contribution is -2.59. The van der Waals surface area contributed by atoms with Gasteiger partial charge in [-0.1, -0.05) is 18.2 Å². The van der Waals surface area contributed by atoms with Gasteiger partial charge in [-0.15, -0.1) is 0 Å². The highest BCUT2D eigenvalue weighted by atomic mass is 16.6. The normalized spacial score (nSPS) is 25.1. The number of benzene rings is 1. The van der Waals surface area contributed by atoms with Crippen molar-refractivity contribution < 1.29 is 14.3 Å². The van der Waals surface area contributed by atoms with Crippen LogP contribution in [0.3, 0.4) is 0 Å². The molecule has 0 aliphatic carbocycles. The van der Waals surface area contributed by atoms with Gasteiger partial charge in [0.15, 0.2) is 0 Å². The molecule has 0 bridgehead atoms. The standard InChI is InChI=1S/C15H19N3O3/c1-17-13-9-18(8-7-11(13)10-21-15(17)20)14(19)16-12-5-3-2-4-6-12/h2-6,11,13H,7-10H2,1H3,(H,16,19)/t11-,13+/m0/s1. The van der Waals surface area contributed by atoms with E-state index in [-0.39, 0.29) is 18.2 Å². The van der Waals surface area contributed by atoms with E-state index in [2.05, 4.69) is 5.32 Å². The Bertz CT molecular complexity index is 534. The van der Waals surface area contributed by atoms with Gasteiger partial charge in [0.05, 0.1) is 12.6 Å². The van der Waals surface area contributed by atoms with Gasteiger partial charge in [0, 0.05) is 31.7 Å². The Balaban J connectivity index is 1.64. The van der Waals surface area contributed by atoms with Crippen molar-refractivity contribution in [3.05, 3.63) is 30.3 Å². The van der Waals surface area contributed by atoms with E-state index in [1.54, 1.807) is 16.8 Å². The van der Waals surface area contributed by atoms with E-state index >= 15 is 0 Å². The molecule has 6 nitrogen and oxygen atoms in total. The molecule has 1 aromatic rings. The number of hydrogen-bond acceptors (Lipinski definition) is 3. The summed E-state index contributed by atoms with van der Waals surface area (Å²) in [5.41, 5.74) is 0.779. The zero-order valence-electron chi connectivity index (χ0n) is 12.0. The molecular weight excluding hydrogens is 270 g/mol. The van der Waals surface area contributed by atoms with E-state index in [1.165, 1.54) is 0 Å². The number of rotatable bonds is 1. The van der Waals surface area contributed by atoms with Crippen LogP contribution in [0, 0.1) is 5.92 Å². The summed E-state index contributed by atoms with van der Waals surface area (Å²) in [6.07, 6.45) is 0.548. The molecule has 2 atom stereocenters. The number of para-hydroxylation sites is 1. The molecule has 6 heteroatoms. The first-order valence-electron chi connectivity index (χ1n) is 7.15. The smallest absolute Gasteiger partial charge is 0.409 e. The number of ether oxygens (including phenoxy) is 1. The van der Waals surface area contributed by atoms with Crippen molar-refractivity contribution >= 4 is 17.8 Å². The predicted octanol–water partition coefficient (Wildman–Crippen LogP) is 1.99. The number of anilines is 1. The lowest BCUT2D eigenvalue weighted by molar-refractivity contribution is -0.00967. The van der Waals surface area contributed by atoms with Crippen LogP contribution in [0.2, 0.25) is 0 Å². The lowest BCUT2D eigenvalue weighted by atomic mass is 9.90. The number of nitrogens with zero attached hydrogens (tertiary/aromatic N) is 2. The summed E-state index contributed by atoms with van der Waals surface area (Å²) < 4.78 is 5.12. The maximum Gasteiger partial charge on any atom is 0.409 e. The van der Waals surface area contributed by atoms with Crippen molar-refractivity contribution in [2.45, 2.75) is 12.5 Å². The van der Waals surface area contributed by atoms with Crippen LogP contribution >= 0.6 is 0 Å². The molecule has 112 valence electrons. The van der Waals surface area contributed by atoms with Crippen LogP contribution in [0.5, 0.6) is 0 Å². The minimum absolute atomic E-state index is 0.0431. The van der Waals surface area contributed by atoms with E-state index in [0.29, 0.717) is 25.6 Å². The highest BCUT2D eigenvalue weighted by Gasteiger charge is 2.40. The molecule has 3 rings (SSSR count). The van der Waals surface area contributed by atoms with Crippen LogP contribution in [-0.2, 0) is 4.74 Å². The third-order valence-corrected chi connectivity index (χ3v) is 4.24. The van der Waals surface area contributed by atoms with Gasteiger partial charge in [-0.3, -0.25) is 0 Å². The number of fused-ring (bicyclic) bond motifs is 1. The molecule has 2 heterocycles. The van der Waals surface area contributed by atoms with E-state index in [0.717, 1.165) is 12.1 Å². The average Bonchev–Trinajstić information content (AvgIpc) is 2.52. The van der Waals surface area contributed by atoms with E-state index in [1.807, 2.05) is 30.3 Å². The van der Waals surface area contributed by atoms with E-state index in [4.69, 9.17) is 4.74 Å². The van der Waals surface area contributed by atoms with Gasteiger partial charge < -0.3 is 19.9 Å². The molecule has 0 aromatic heterocycles. The Kier molecular flexibility index (Phi) is 3.68. The van der Waals surface area contributed by atoms with E-state index < -0.39 is 0 Å². The summed E-state index contributed by atoms with van der Waals surface area (Å²) in [4.78, 5) is 27.3. The van der Waals surface area contributed by atoms with Crippen molar-refractivity contribution in [3.8, 4) is 0 Å². The van der Waals surface area contributed by atoms with Gasteiger partial charge in [-0.2, -0.15) is 0 Å². The predicted molar refractivity (Wildman–Crippen MR) is 78.0 cm³/mol. The summed E-state index contributed by atoms with van der Waals surface area (Å²) >= 11 is 0. The molecule has 0 unspecified atom stereocenters. The zero-order valence-corrected chi connectivity index (χ0v) is 12.0. The number of likely N-dealkylation sites (N-methyl/N-ethyl adjacent to an activating group) is 1. The second kappa shape index (κ2) is 5.63. The summed E-state index contributed by atoms with van der Waals surface area (Å²) in [6.45, 7) is 1.70. The zero-order chi connectivity index (χ0) is 14.8. The number of amides is 3. The SMILES string of the molecule is CN1C(=O)OC[C@@H]2CCN(C(=O)Nc3ccccc3)C[C@H]21. The average molecular weight is 289 g/mol. The number of carbonyl (C=O) groups is 2. The number of hydrogen-bond donors (Lipinski definition) is 1. The molecule has 1 aromatic carbocycles. The van der Waals surface area contributed by atoms with Crippen LogP contribution in [-0.4, -0.2) is 54.7 Å². The van der Waals surface area contributed by atoms with Crippen molar-refractivity contribution in [1.82, 2.24) is 9.80 Å². The first-order valence-corrected chi connectivity index (χ1v) is 7.15. The molecule has 0 spiro atoms. The Labute approximate surface area is 123 Å². The fourth-order valence-electron chi connectivity index (χ4n) is 2.94. The van der Waals surface area contributed by atoms with Gasteiger partial charge in [-0.05, 0) is 18.6 Å². The van der Waals surface area contributed by atoms with Gasteiger partial charge in [-0.25, -0.2) is 9.59 Å². The lowest BCUT2D eigenvalue weighted by Gasteiger charge is -2.44. The fraction of sp³-hybridized carbons (Fsp3) is 0.467. The highest BCUT2D eigenvalue weighted by molar-refractivity contribution is 5.89. The summed E-state index contributed by atoms with van der Waals surface area (Å²) in [5.74, 6) is 0.313. The molecule has 2 saturated heterocycles. The van der Waals surface area contributed by atoms with Gasteiger partial charge >= 0.3 is 12.1 Å². The monoisotopic (exact) mass is 289 g/mol. The van der Waals surface area contributed by atoms with Gasteiger partial charge in [0.1, 0.15) is 0 Å². The third kappa shape index (κ3) is 2.79. The Hall–Kier alpha value is -2.24. The van der Waals surface area contributed by atoms with Crippen LogP contribution in [0.15, 0.2) is 30.3 Å². The number of carbonyl (C=O) groups excluding carboxylic acids is 2. The van der Waals surface area contributed by atoms with Crippen LogP contribution in [0.1, 0.15) is 6.42 Å². The van der Waals surface area contributed by atoms with Crippen LogP contribution in [0.25, 0.3) is 0 Å². The van der Waals surface area contributed by atoms with Gasteiger partial charge in [0.25, 0.3) is 0 Å². The van der Waals surface area contributed by atoms with E-state index in [9.17, 15) is 9.59 Å². The Morgan fingerprint density at radius 3 is 2.86 bits per heavy atom. The Morgan fingerprint density at radius 2 is 2.10 bits per heavy atom. The molecule has 2 aliphatic heterocycles. The highest BCUT2D eigenvalue weighted by Crippen LogP contribution is 2.26. The minimum Gasteiger partial charge on any atom is -0.449 e. The number of likely N-dealkylation sites (tertiary alicyclic amines) is 1. The van der Waals surface area contributed by atoms with Crippen molar-refractivity contribution in [1.29, 1.82) is 0 Å². The fourth-order valence-corrected chi connectivity index (χ4v) is 2.94. The van der Waals surface area contributed by atoms with Crippen molar-refractivity contribution in [2.24, 2.45) is 5.92 Å². The summed E-state index contributed by atoms with van der Waals surface area (Å²) in [6, 6.07) is 9.31. The van der Waals surface area contributed by atoms with Crippen molar-refractivity contribution in [3.63, 3.8) is 0 Å². The Morgan fingerprint density at radius 1 is 1.33 bits per heavy atom. The molecular formula is C15H19N3O3. The second-order valence-electron chi connectivity index (χ2n) is 5.55. The molecule has 2 fully saturated rings. The molecule has 21 heavy (non-hydrogen) atoms. The molecule has 2 aliphatic rings. The largest absolute Gasteiger partial charge is 0.449 e. The van der Waals surface area contributed by atoms with Crippen LogP contribution in [0.4, 0.5) is 15.3 Å². The molecule has 0 saturated carbocycles. The summed E-state index contributed by atoms with van der Waals surface area (Å²) in [7, 11) is 1.73. The number of piperidine rings is 1. The second-order valence-corrected chi connectivity index (χ2v) is 5.55. The van der Waals surface area contributed by atoms with Gasteiger partial charge in [0.2, 0.25) is 0 Å². The van der Waals surface area contributed by atoms with Crippen LogP contribution < -0.4 is 5.32 Å². The quantitative estimate of drug-likeness (QED) is 0.860.